The summed E-state index contributed by atoms with van der Waals surface area (Å²) in [4.78, 5) is 14.4. The molecule has 0 bridgehead atoms. The Kier molecular flexibility index (Phi) is 7.39. The van der Waals surface area contributed by atoms with Crippen LogP contribution >= 0.6 is 0 Å². The van der Waals surface area contributed by atoms with Crippen molar-refractivity contribution in [1.29, 1.82) is 0 Å². The largest absolute Gasteiger partial charge is 0.478 e. The molecule has 0 atom stereocenters. The molecule has 0 spiro atoms. The monoisotopic (exact) mass is 371 g/mol. The number of aryl methyl sites for hydroxylation is 1. The van der Waals surface area contributed by atoms with Crippen LogP contribution in [0.1, 0.15) is 64.8 Å². The first-order chi connectivity index (χ1) is 13.0. The Labute approximate surface area is 163 Å². The highest BCUT2D eigenvalue weighted by atomic mass is 16.5. The number of nitrogens with one attached hydrogen (secondary N) is 2. The van der Waals surface area contributed by atoms with Gasteiger partial charge in [-0.25, -0.2) is 15.0 Å². The van der Waals surface area contributed by atoms with E-state index in [4.69, 9.17) is 19.7 Å². The second kappa shape index (κ2) is 9.53. The zero-order chi connectivity index (χ0) is 20.0. The molecule has 0 aliphatic carbocycles. The van der Waals surface area contributed by atoms with Crippen molar-refractivity contribution in [1.82, 2.24) is 15.0 Å². The van der Waals surface area contributed by atoms with E-state index in [1.165, 1.54) is 0 Å². The van der Waals surface area contributed by atoms with Crippen molar-refractivity contribution in [2.24, 2.45) is 0 Å². The van der Waals surface area contributed by atoms with E-state index in [9.17, 15) is 0 Å². The van der Waals surface area contributed by atoms with Gasteiger partial charge in [0.2, 0.25) is 0 Å². The molecular weight excluding hydrogens is 338 g/mol. The minimum Gasteiger partial charge on any atom is -0.478 e. The topological polar surface area (TPSA) is 72.0 Å². The number of hydrogen-bond donors (Lipinski definition) is 2. The van der Waals surface area contributed by atoms with Crippen molar-refractivity contribution in [2.75, 3.05) is 24.8 Å². The molecule has 27 heavy (non-hydrogen) atoms. The number of hydrogen-bond acceptors (Lipinski definition) is 6. The molecule has 0 fully saturated rings. The predicted octanol–water partition coefficient (Wildman–Crippen LogP) is 4.88. The Morgan fingerprint density at radius 1 is 1.00 bits per heavy atom. The van der Waals surface area contributed by atoms with Gasteiger partial charge in [0, 0.05) is 24.3 Å². The van der Waals surface area contributed by atoms with Crippen LogP contribution in [0.15, 0.2) is 12.1 Å². The summed E-state index contributed by atoms with van der Waals surface area (Å²) in [6, 6.07) is 4.49. The highest BCUT2D eigenvalue weighted by Gasteiger charge is 2.19. The summed E-state index contributed by atoms with van der Waals surface area (Å²) in [6.07, 6.45) is 2.82. The lowest BCUT2D eigenvalue weighted by Crippen LogP contribution is -2.19. The SMILES string of the molecule is CCc1nc(NC(CC)CC)c(OC)nc1-c1ccc(C(C)C)nc1NC. The van der Waals surface area contributed by atoms with Gasteiger partial charge in [-0.05, 0) is 37.3 Å². The minimum absolute atomic E-state index is 0.351. The van der Waals surface area contributed by atoms with Gasteiger partial charge in [-0.15, -0.1) is 0 Å². The number of nitrogens with zero attached hydrogens (tertiary/aromatic N) is 3. The normalized spacial score (nSPS) is 11.1. The zero-order valence-electron chi connectivity index (χ0n) is 17.7. The van der Waals surface area contributed by atoms with E-state index in [1.54, 1.807) is 7.11 Å². The fourth-order valence-electron chi connectivity index (χ4n) is 3.02. The van der Waals surface area contributed by atoms with Crippen LogP contribution in [0, 0.1) is 0 Å². The summed E-state index contributed by atoms with van der Waals surface area (Å²) in [5.74, 6) is 2.41. The van der Waals surface area contributed by atoms with Crippen molar-refractivity contribution >= 4 is 11.6 Å². The number of ether oxygens (including phenoxy) is 1. The summed E-state index contributed by atoms with van der Waals surface area (Å²) >= 11 is 0. The Balaban J connectivity index is 2.57. The van der Waals surface area contributed by atoms with Crippen LogP contribution in [0.3, 0.4) is 0 Å². The highest BCUT2D eigenvalue weighted by Crippen LogP contribution is 2.33. The Morgan fingerprint density at radius 3 is 2.22 bits per heavy atom. The molecule has 148 valence electrons. The first kappa shape index (κ1) is 20.9. The molecular formula is C21H33N5O. The van der Waals surface area contributed by atoms with Gasteiger partial charge in [0.05, 0.1) is 18.5 Å². The molecule has 2 aromatic rings. The molecule has 2 heterocycles. The summed E-state index contributed by atoms with van der Waals surface area (Å²) in [7, 11) is 3.52. The molecule has 6 heteroatoms. The van der Waals surface area contributed by atoms with Crippen molar-refractivity contribution in [3.63, 3.8) is 0 Å². The maximum atomic E-state index is 5.56. The van der Waals surface area contributed by atoms with Crippen LogP contribution in [-0.4, -0.2) is 35.2 Å². The first-order valence-corrected chi connectivity index (χ1v) is 9.89. The maximum absolute atomic E-state index is 5.56. The van der Waals surface area contributed by atoms with Crippen molar-refractivity contribution in [3.05, 3.63) is 23.5 Å². The molecule has 6 nitrogen and oxygen atoms in total. The van der Waals surface area contributed by atoms with Gasteiger partial charge in [-0.2, -0.15) is 0 Å². The molecule has 0 radical (unpaired) electrons. The summed E-state index contributed by atoms with van der Waals surface area (Å²) in [5.41, 5.74) is 3.74. The van der Waals surface area contributed by atoms with E-state index >= 15 is 0 Å². The molecule has 0 aliphatic heterocycles. The molecule has 0 unspecified atom stereocenters. The smallest absolute Gasteiger partial charge is 0.257 e. The highest BCUT2D eigenvalue weighted by molar-refractivity contribution is 5.75. The second-order valence-corrected chi connectivity index (χ2v) is 6.93. The maximum Gasteiger partial charge on any atom is 0.257 e. The van der Waals surface area contributed by atoms with Crippen LogP contribution in [0.2, 0.25) is 0 Å². The molecule has 0 aromatic carbocycles. The zero-order valence-corrected chi connectivity index (χ0v) is 17.7. The fourth-order valence-corrected chi connectivity index (χ4v) is 3.02. The third-order valence-corrected chi connectivity index (χ3v) is 4.79. The number of pyridine rings is 1. The van der Waals surface area contributed by atoms with Crippen LogP contribution in [0.4, 0.5) is 11.6 Å². The van der Waals surface area contributed by atoms with Gasteiger partial charge in [0.1, 0.15) is 5.82 Å². The molecule has 2 N–H and O–H groups in total. The number of anilines is 2. The Morgan fingerprint density at radius 2 is 1.70 bits per heavy atom. The Bertz CT molecular complexity index is 756. The van der Waals surface area contributed by atoms with Crippen LogP contribution < -0.4 is 15.4 Å². The van der Waals surface area contributed by atoms with Crippen molar-refractivity contribution in [2.45, 2.75) is 65.8 Å². The first-order valence-electron chi connectivity index (χ1n) is 9.89. The quantitative estimate of drug-likeness (QED) is 0.655. The van der Waals surface area contributed by atoms with Gasteiger partial charge >= 0.3 is 0 Å². The average Bonchev–Trinajstić information content (AvgIpc) is 2.70. The van der Waals surface area contributed by atoms with E-state index < -0.39 is 0 Å². The van der Waals surface area contributed by atoms with E-state index in [-0.39, 0.29) is 0 Å². The van der Waals surface area contributed by atoms with E-state index in [0.29, 0.717) is 23.7 Å². The third kappa shape index (κ3) is 4.67. The fraction of sp³-hybridized carbons (Fsp3) is 0.571. The summed E-state index contributed by atoms with van der Waals surface area (Å²) in [5, 5.41) is 6.68. The van der Waals surface area contributed by atoms with Gasteiger partial charge in [-0.3, -0.25) is 0 Å². The molecule has 0 aliphatic rings. The van der Waals surface area contributed by atoms with Crippen LogP contribution in [0.25, 0.3) is 11.3 Å². The lowest BCUT2D eigenvalue weighted by molar-refractivity contribution is 0.397. The van der Waals surface area contributed by atoms with Gasteiger partial charge in [0.25, 0.3) is 5.88 Å². The molecule has 0 saturated carbocycles. The Hall–Kier alpha value is -2.37. The number of rotatable bonds is 9. The molecule has 2 aromatic heterocycles. The summed E-state index contributed by atoms with van der Waals surface area (Å²) in [6.45, 7) is 10.7. The van der Waals surface area contributed by atoms with Gasteiger partial charge in [0.15, 0.2) is 5.82 Å². The van der Waals surface area contributed by atoms with E-state index in [2.05, 4.69) is 57.4 Å². The minimum atomic E-state index is 0.351. The molecule has 2 rings (SSSR count). The third-order valence-electron chi connectivity index (χ3n) is 4.79. The van der Waals surface area contributed by atoms with Crippen molar-refractivity contribution in [3.8, 4) is 17.1 Å². The standard InChI is InChI=1S/C21H33N5O/c1-8-14(9-2)23-20-21(27-7)26-18(16(10-3)24-20)15-11-12-17(13(4)5)25-19(15)22-6/h11-14H,8-10H2,1-7H3,(H,22,25)(H,23,24). The second-order valence-electron chi connectivity index (χ2n) is 6.93. The molecule has 0 saturated heterocycles. The summed E-state index contributed by atoms with van der Waals surface area (Å²) < 4.78 is 5.56. The van der Waals surface area contributed by atoms with E-state index in [0.717, 1.165) is 47.7 Å². The van der Waals surface area contributed by atoms with Gasteiger partial charge in [-0.1, -0.05) is 34.6 Å². The predicted molar refractivity (Wildman–Crippen MR) is 113 cm³/mol. The number of aromatic nitrogens is 3. The lowest BCUT2D eigenvalue weighted by Gasteiger charge is -2.20. The van der Waals surface area contributed by atoms with Gasteiger partial charge < -0.3 is 15.4 Å². The van der Waals surface area contributed by atoms with Crippen LogP contribution in [-0.2, 0) is 6.42 Å². The van der Waals surface area contributed by atoms with Crippen molar-refractivity contribution < 1.29 is 4.74 Å². The van der Waals surface area contributed by atoms with Crippen LogP contribution in [0.5, 0.6) is 5.88 Å². The lowest BCUT2D eigenvalue weighted by atomic mass is 10.0. The number of methoxy groups -OCH3 is 1. The van der Waals surface area contributed by atoms with E-state index in [1.807, 2.05) is 7.05 Å². The molecule has 0 amide bonds. The average molecular weight is 372 g/mol.